The molecule has 128 valence electrons. The van der Waals surface area contributed by atoms with Crippen molar-refractivity contribution in [3.63, 3.8) is 0 Å². The minimum Gasteiger partial charge on any atom is -0.493 e. The van der Waals surface area contributed by atoms with Crippen LogP contribution in [0.15, 0.2) is 42.7 Å². The Morgan fingerprint density at radius 1 is 1.08 bits per heavy atom. The molecule has 2 aromatic rings. The van der Waals surface area contributed by atoms with Gasteiger partial charge in [0.2, 0.25) is 5.91 Å². The van der Waals surface area contributed by atoms with Gasteiger partial charge in [-0.05, 0) is 36.6 Å². The second-order valence-corrected chi connectivity index (χ2v) is 5.65. The Hall–Kier alpha value is -2.56. The van der Waals surface area contributed by atoms with Crippen LogP contribution in [0.5, 0.6) is 11.5 Å². The summed E-state index contributed by atoms with van der Waals surface area (Å²) in [5, 5.41) is 2.95. The van der Waals surface area contributed by atoms with Crippen LogP contribution in [0.3, 0.4) is 0 Å². The zero-order valence-corrected chi connectivity index (χ0v) is 14.5. The maximum atomic E-state index is 11.9. The molecule has 24 heavy (non-hydrogen) atoms. The lowest BCUT2D eigenvalue weighted by atomic mass is 10.1. The number of carbonyl (C=O) groups excluding carboxylic acids is 1. The fourth-order valence-electron chi connectivity index (χ4n) is 2.38. The summed E-state index contributed by atoms with van der Waals surface area (Å²) in [7, 11) is 3.23. The number of amides is 1. The maximum absolute atomic E-state index is 11.9. The van der Waals surface area contributed by atoms with Gasteiger partial charge in [0.05, 0.1) is 20.6 Å². The molecular weight excluding hydrogens is 304 g/mol. The van der Waals surface area contributed by atoms with E-state index in [0.717, 1.165) is 12.0 Å². The molecule has 0 saturated carbocycles. The van der Waals surface area contributed by atoms with Crippen molar-refractivity contribution in [2.75, 3.05) is 20.8 Å². The van der Waals surface area contributed by atoms with E-state index in [0.29, 0.717) is 31.0 Å². The van der Waals surface area contributed by atoms with Gasteiger partial charge >= 0.3 is 0 Å². The molecule has 0 atom stereocenters. The summed E-state index contributed by atoms with van der Waals surface area (Å²) in [6, 6.07) is 9.87. The number of benzene rings is 1. The Balaban J connectivity index is 1.75. The average molecular weight is 329 g/mol. The fourth-order valence-corrected chi connectivity index (χ4v) is 2.38. The van der Waals surface area contributed by atoms with Gasteiger partial charge in [0, 0.05) is 18.7 Å². The lowest BCUT2D eigenvalue weighted by molar-refractivity contribution is -0.695. The molecule has 0 radical (unpaired) electrons. The largest absolute Gasteiger partial charge is 0.493 e. The van der Waals surface area contributed by atoms with E-state index in [-0.39, 0.29) is 5.91 Å². The molecule has 0 aliphatic rings. The molecule has 2 rings (SSSR count). The van der Waals surface area contributed by atoms with Gasteiger partial charge in [0.1, 0.15) is 0 Å². The normalized spacial score (nSPS) is 10.3. The number of rotatable bonds is 8. The van der Waals surface area contributed by atoms with Gasteiger partial charge in [-0.2, -0.15) is 0 Å². The minimum absolute atomic E-state index is 0.0588. The molecule has 0 aliphatic heterocycles. The summed E-state index contributed by atoms with van der Waals surface area (Å²) in [4.78, 5) is 11.9. The molecule has 5 nitrogen and oxygen atoms in total. The van der Waals surface area contributed by atoms with Gasteiger partial charge < -0.3 is 14.8 Å². The van der Waals surface area contributed by atoms with Crippen molar-refractivity contribution in [1.29, 1.82) is 0 Å². The van der Waals surface area contributed by atoms with Gasteiger partial charge in [0.25, 0.3) is 0 Å². The van der Waals surface area contributed by atoms with Crippen LogP contribution in [0.1, 0.15) is 17.5 Å². The molecule has 0 bridgehead atoms. The second kappa shape index (κ2) is 8.91. The van der Waals surface area contributed by atoms with E-state index in [4.69, 9.17) is 9.47 Å². The van der Waals surface area contributed by atoms with Crippen molar-refractivity contribution in [3.8, 4) is 11.5 Å². The number of aryl methyl sites for hydroxylation is 2. The highest BCUT2D eigenvalue weighted by molar-refractivity contribution is 5.75. The maximum Gasteiger partial charge on any atom is 0.226 e. The molecule has 0 spiro atoms. The molecule has 0 fully saturated rings. The average Bonchev–Trinajstić information content (AvgIpc) is 2.61. The van der Waals surface area contributed by atoms with E-state index >= 15 is 0 Å². The third-order valence-corrected chi connectivity index (χ3v) is 3.84. The third-order valence-electron chi connectivity index (χ3n) is 3.84. The van der Waals surface area contributed by atoms with Crippen molar-refractivity contribution >= 4 is 5.91 Å². The SMILES string of the molecule is COc1ccc(CCNC(=O)CC[n+]2ccc(C)cc2)cc1OC. The van der Waals surface area contributed by atoms with Gasteiger partial charge in [0.15, 0.2) is 30.4 Å². The first-order chi connectivity index (χ1) is 11.6. The van der Waals surface area contributed by atoms with Gasteiger partial charge in [-0.15, -0.1) is 0 Å². The fraction of sp³-hybridized carbons (Fsp3) is 0.368. The Morgan fingerprint density at radius 3 is 2.46 bits per heavy atom. The molecule has 5 heteroatoms. The van der Waals surface area contributed by atoms with Crippen molar-refractivity contribution in [3.05, 3.63) is 53.9 Å². The number of nitrogens with one attached hydrogen (secondary N) is 1. The minimum atomic E-state index is 0.0588. The highest BCUT2D eigenvalue weighted by atomic mass is 16.5. The zero-order valence-electron chi connectivity index (χ0n) is 14.5. The van der Waals surface area contributed by atoms with Crippen LogP contribution in [-0.4, -0.2) is 26.7 Å². The van der Waals surface area contributed by atoms with Crippen LogP contribution in [0.4, 0.5) is 0 Å². The predicted molar refractivity (Wildman–Crippen MR) is 92.3 cm³/mol. The number of nitrogens with zero attached hydrogens (tertiary/aromatic N) is 1. The lowest BCUT2D eigenvalue weighted by Crippen LogP contribution is -2.36. The van der Waals surface area contributed by atoms with Gasteiger partial charge in [-0.1, -0.05) is 6.07 Å². The Labute approximate surface area is 143 Å². The summed E-state index contributed by atoms with van der Waals surface area (Å²) < 4.78 is 12.5. The molecule has 1 amide bonds. The van der Waals surface area contributed by atoms with Crippen molar-refractivity contribution in [2.24, 2.45) is 0 Å². The van der Waals surface area contributed by atoms with Crippen LogP contribution < -0.4 is 19.4 Å². The van der Waals surface area contributed by atoms with Crippen molar-refractivity contribution in [2.45, 2.75) is 26.3 Å². The molecule has 0 unspecified atom stereocenters. The summed E-state index contributed by atoms with van der Waals surface area (Å²) in [5.74, 6) is 1.47. The van der Waals surface area contributed by atoms with Crippen LogP contribution in [0.25, 0.3) is 0 Å². The molecular formula is C19H25N2O3+. The molecule has 1 aromatic heterocycles. The van der Waals surface area contributed by atoms with Crippen LogP contribution in [-0.2, 0) is 17.8 Å². The van der Waals surface area contributed by atoms with E-state index < -0.39 is 0 Å². The Morgan fingerprint density at radius 2 is 1.79 bits per heavy atom. The number of hydrogen-bond donors (Lipinski definition) is 1. The summed E-state index contributed by atoms with van der Waals surface area (Å²) in [6.45, 7) is 3.33. The monoisotopic (exact) mass is 329 g/mol. The predicted octanol–water partition coefficient (Wildman–Crippen LogP) is 2.05. The van der Waals surface area contributed by atoms with Crippen LogP contribution in [0, 0.1) is 6.92 Å². The number of carbonyl (C=O) groups is 1. The summed E-state index contributed by atoms with van der Waals surface area (Å²) >= 11 is 0. The van der Waals surface area contributed by atoms with E-state index in [1.54, 1.807) is 14.2 Å². The number of hydrogen-bond acceptors (Lipinski definition) is 3. The third kappa shape index (κ3) is 5.26. The van der Waals surface area contributed by atoms with E-state index in [1.807, 2.05) is 54.2 Å². The summed E-state index contributed by atoms with van der Waals surface area (Å²) in [5.41, 5.74) is 2.31. The topological polar surface area (TPSA) is 51.4 Å². The molecule has 0 aliphatic carbocycles. The van der Waals surface area contributed by atoms with Gasteiger partial charge in [-0.25, -0.2) is 4.57 Å². The molecule has 1 aromatic carbocycles. The van der Waals surface area contributed by atoms with E-state index in [1.165, 1.54) is 5.56 Å². The first-order valence-corrected chi connectivity index (χ1v) is 8.05. The Kier molecular flexibility index (Phi) is 6.61. The molecule has 1 heterocycles. The number of methoxy groups -OCH3 is 2. The van der Waals surface area contributed by atoms with Crippen LogP contribution in [0.2, 0.25) is 0 Å². The summed E-state index contributed by atoms with van der Waals surface area (Å²) in [6.07, 6.45) is 5.21. The van der Waals surface area contributed by atoms with Crippen LogP contribution >= 0.6 is 0 Å². The zero-order chi connectivity index (χ0) is 17.4. The first-order valence-electron chi connectivity index (χ1n) is 8.05. The van der Waals surface area contributed by atoms with Crippen molar-refractivity contribution in [1.82, 2.24) is 5.32 Å². The van der Waals surface area contributed by atoms with Gasteiger partial charge in [-0.3, -0.25) is 4.79 Å². The second-order valence-electron chi connectivity index (χ2n) is 5.65. The quantitative estimate of drug-likeness (QED) is 0.754. The molecule has 1 N–H and O–H groups in total. The number of aromatic nitrogens is 1. The highest BCUT2D eigenvalue weighted by Crippen LogP contribution is 2.27. The van der Waals surface area contributed by atoms with E-state index in [2.05, 4.69) is 5.32 Å². The lowest BCUT2D eigenvalue weighted by Gasteiger charge is -2.10. The number of pyridine rings is 1. The standard InChI is InChI=1S/C19H24N2O3/c1-15-7-11-21(12-8-15)13-9-19(22)20-10-6-16-4-5-17(23-2)18(14-16)24-3/h4-5,7-8,11-12,14H,6,9-10,13H2,1-3H3/p+1. The Bertz CT molecular complexity index is 669. The number of ether oxygens (including phenoxy) is 2. The van der Waals surface area contributed by atoms with Crippen molar-refractivity contribution < 1.29 is 18.8 Å². The first kappa shape index (κ1) is 17.8. The highest BCUT2D eigenvalue weighted by Gasteiger charge is 2.07. The smallest absolute Gasteiger partial charge is 0.226 e. The molecule has 0 saturated heterocycles. The van der Waals surface area contributed by atoms with E-state index in [9.17, 15) is 4.79 Å².